The van der Waals surface area contributed by atoms with Crippen LogP contribution in [0.3, 0.4) is 0 Å². The molecule has 1 amide bonds. The molecular formula is C21H26N4O3S. The van der Waals surface area contributed by atoms with E-state index in [1.807, 2.05) is 35.2 Å². The van der Waals surface area contributed by atoms with Crippen molar-refractivity contribution in [3.63, 3.8) is 0 Å². The first-order valence-corrected chi connectivity index (χ1v) is 11.5. The highest BCUT2D eigenvalue weighted by atomic mass is 32.2. The molecule has 8 heteroatoms. The van der Waals surface area contributed by atoms with Crippen LogP contribution < -0.4 is 5.32 Å². The van der Waals surface area contributed by atoms with Crippen LogP contribution in [0.4, 0.5) is 5.69 Å². The zero-order valence-electron chi connectivity index (χ0n) is 16.3. The summed E-state index contributed by atoms with van der Waals surface area (Å²) in [5.41, 5.74) is 1.07. The molecule has 1 aromatic carbocycles. The smallest absolute Gasteiger partial charge is 0.244 e. The Hall–Kier alpha value is -2.45. The highest BCUT2D eigenvalue weighted by molar-refractivity contribution is 7.89. The van der Waals surface area contributed by atoms with E-state index in [1.165, 1.54) is 10.5 Å². The van der Waals surface area contributed by atoms with Crippen LogP contribution in [-0.2, 0) is 14.8 Å². The Kier molecular flexibility index (Phi) is 5.82. The third-order valence-electron chi connectivity index (χ3n) is 5.72. The Morgan fingerprint density at radius 1 is 1.00 bits per heavy atom. The number of carbonyl (C=O) groups excluding carboxylic acids is 1. The number of piperidine rings is 1. The number of para-hydroxylation sites is 1. The van der Waals surface area contributed by atoms with E-state index in [4.69, 9.17) is 0 Å². The number of aromatic nitrogens is 1. The number of nitrogens with one attached hydrogen (secondary N) is 1. The average Bonchev–Trinajstić information content (AvgIpc) is 3.23. The minimum absolute atomic E-state index is 0.106. The molecule has 0 aliphatic carbocycles. The van der Waals surface area contributed by atoms with E-state index in [1.54, 1.807) is 18.3 Å². The lowest BCUT2D eigenvalue weighted by Gasteiger charge is -2.32. The van der Waals surface area contributed by atoms with Crippen LogP contribution in [0.1, 0.15) is 19.3 Å². The lowest BCUT2D eigenvalue weighted by Crippen LogP contribution is -2.44. The molecule has 2 aliphatic rings. The van der Waals surface area contributed by atoms with Crippen molar-refractivity contribution in [2.45, 2.75) is 30.2 Å². The minimum Gasteiger partial charge on any atom is -0.380 e. The standard InChI is InChI=1S/C21H26N4O3S/c26-21(24-12-10-19(16-24)23-18-5-2-1-3-6-18)17-8-13-25(14-9-17)29(27,28)20-7-4-11-22-15-20/h1-7,11,15,17,19,23H,8-10,12-14,16H2. The Morgan fingerprint density at radius 2 is 1.76 bits per heavy atom. The van der Waals surface area contributed by atoms with Crippen molar-refractivity contribution in [3.8, 4) is 0 Å². The highest BCUT2D eigenvalue weighted by Gasteiger charge is 2.36. The van der Waals surface area contributed by atoms with Gasteiger partial charge in [0.25, 0.3) is 0 Å². The van der Waals surface area contributed by atoms with Gasteiger partial charge < -0.3 is 10.2 Å². The highest BCUT2D eigenvalue weighted by Crippen LogP contribution is 2.26. The molecule has 0 radical (unpaired) electrons. The predicted molar refractivity (Wildman–Crippen MR) is 111 cm³/mol. The number of carbonyl (C=O) groups is 1. The van der Waals surface area contributed by atoms with Crippen molar-refractivity contribution in [1.82, 2.24) is 14.2 Å². The number of hydrogen-bond acceptors (Lipinski definition) is 5. The SMILES string of the molecule is O=C(C1CCN(S(=O)(=O)c2cccnc2)CC1)N1CCC(Nc2ccccc2)C1. The monoisotopic (exact) mass is 414 g/mol. The van der Waals surface area contributed by atoms with Crippen LogP contribution >= 0.6 is 0 Å². The molecule has 1 atom stereocenters. The largest absolute Gasteiger partial charge is 0.380 e. The fourth-order valence-electron chi connectivity index (χ4n) is 4.10. The van der Waals surface area contributed by atoms with E-state index in [9.17, 15) is 13.2 Å². The summed E-state index contributed by atoms with van der Waals surface area (Å²) in [5.74, 6) is 0.0478. The topological polar surface area (TPSA) is 82.6 Å². The van der Waals surface area contributed by atoms with Gasteiger partial charge in [-0.15, -0.1) is 0 Å². The molecule has 0 bridgehead atoms. The second kappa shape index (κ2) is 8.51. The van der Waals surface area contributed by atoms with Crippen molar-refractivity contribution >= 4 is 21.6 Å². The zero-order chi connectivity index (χ0) is 20.3. The molecule has 1 unspecified atom stereocenters. The molecule has 7 nitrogen and oxygen atoms in total. The number of anilines is 1. The number of likely N-dealkylation sites (tertiary alicyclic amines) is 1. The first-order chi connectivity index (χ1) is 14.0. The van der Waals surface area contributed by atoms with E-state index in [-0.39, 0.29) is 22.8 Å². The maximum absolute atomic E-state index is 12.9. The predicted octanol–water partition coefficient (Wildman–Crippen LogP) is 2.20. The third kappa shape index (κ3) is 4.43. The summed E-state index contributed by atoms with van der Waals surface area (Å²) in [6.45, 7) is 2.18. The van der Waals surface area contributed by atoms with Gasteiger partial charge >= 0.3 is 0 Å². The van der Waals surface area contributed by atoms with Crippen LogP contribution in [0.15, 0.2) is 59.8 Å². The normalized spacial score (nSPS) is 21.2. The van der Waals surface area contributed by atoms with Gasteiger partial charge in [0, 0.05) is 56.2 Å². The van der Waals surface area contributed by atoms with Crippen molar-refractivity contribution < 1.29 is 13.2 Å². The molecular weight excluding hydrogens is 388 g/mol. The van der Waals surface area contributed by atoms with Gasteiger partial charge in [-0.25, -0.2) is 8.42 Å². The summed E-state index contributed by atoms with van der Waals surface area (Å²) < 4.78 is 26.9. The van der Waals surface area contributed by atoms with Crippen LogP contribution in [0.2, 0.25) is 0 Å². The lowest BCUT2D eigenvalue weighted by atomic mass is 9.96. The van der Waals surface area contributed by atoms with Crippen LogP contribution in [0.5, 0.6) is 0 Å². The van der Waals surface area contributed by atoms with Gasteiger partial charge in [-0.05, 0) is 43.5 Å². The van der Waals surface area contributed by atoms with Gasteiger partial charge in [-0.1, -0.05) is 18.2 Å². The molecule has 0 spiro atoms. The Balaban J connectivity index is 1.30. The van der Waals surface area contributed by atoms with E-state index in [0.29, 0.717) is 32.5 Å². The van der Waals surface area contributed by atoms with Crippen molar-refractivity contribution in [2.75, 3.05) is 31.5 Å². The van der Waals surface area contributed by atoms with Gasteiger partial charge in [0.2, 0.25) is 15.9 Å². The third-order valence-corrected chi connectivity index (χ3v) is 7.60. The summed E-state index contributed by atoms with van der Waals surface area (Å²) in [6, 6.07) is 13.5. The Bertz CT molecular complexity index is 929. The van der Waals surface area contributed by atoms with E-state index in [2.05, 4.69) is 10.3 Å². The van der Waals surface area contributed by atoms with Gasteiger partial charge in [-0.2, -0.15) is 4.31 Å². The van der Waals surface area contributed by atoms with Crippen LogP contribution in [0.25, 0.3) is 0 Å². The number of pyridine rings is 1. The molecule has 2 aliphatic heterocycles. The quantitative estimate of drug-likeness (QED) is 0.811. The molecule has 2 saturated heterocycles. The molecule has 29 heavy (non-hydrogen) atoms. The van der Waals surface area contributed by atoms with Gasteiger partial charge in [0.1, 0.15) is 4.90 Å². The summed E-state index contributed by atoms with van der Waals surface area (Å²) >= 11 is 0. The summed E-state index contributed by atoms with van der Waals surface area (Å²) in [6.07, 6.45) is 4.97. The molecule has 0 saturated carbocycles. The van der Waals surface area contributed by atoms with Gasteiger partial charge in [0.15, 0.2) is 0 Å². The van der Waals surface area contributed by atoms with Gasteiger partial charge in [0.05, 0.1) is 0 Å². The molecule has 2 aromatic rings. The van der Waals surface area contributed by atoms with E-state index in [0.717, 1.165) is 18.7 Å². The maximum atomic E-state index is 12.9. The molecule has 1 aromatic heterocycles. The first-order valence-electron chi connectivity index (χ1n) is 10.0. The molecule has 2 fully saturated rings. The maximum Gasteiger partial charge on any atom is 0.244 e. The van der Waals surface area contributed by atoms with Crippen molar-refractivity contribution in [2.24, 2.45) is 5.92 Å². The number of benzene rings is 1. The molecule has 3 heterocycles. The molecule has 1 N–H and O–H groups in total. The Labute approximate surface area is 171 Å². The fraction of sp³-hybridized carbons (Fsp3) is 0.429. The van der Waals surface area contributed by atoms with Crippen LogP contribution in [-0.4, -0.2) is 60.7 Å². The lowest BCUT2D eigenvalue weighted by molar-refractivity contribution is -0.135. The van der Waals surface area contributed by atoms with E-state index >= 15 is 0 Å². The van der Waals surface area contributed by atoms with E-state index < -0.39 is 10.0 Å². The molecule has 154 valence electrons. The summed E-state index contributed by atoms with van der Waals surface area (Å²) in [7, 11) is -3.54. The number of hydrogen-bond donors (Lipinski definition) is 1. The van der Waals surface area contributed by atoms with Crippen molar-refractivity contribution in [1.29, 1.82) is 0 Å². The summed E-state index contributed by atoms with van der Waals surface area (Å²) in [5, 5.41) is 3.49. The summed E-state index contributed by atoms with van der Waals surface area (Å²) in [4.78, 5) is 19.0. The van der Waals surface area contributed by atoms with Crippen molar-refractivity contribution in [3.05, 3.63) is 54.9 Å². The van der Waals surface area contributed by atoms with Crippen LogP contribution in [0, 0.1) is 5.92 Å². The zero-order valence-corrected chi connectivity index (χ0v) is 17.1. The Morgan fingerprint density at radius 3 is 2.45 bits per heavy atom. The average molecular weight is 415 g/mol. The number of rotatable bonds is 5. The number of nitrogens with zero attached hydrogens (tertiary/aromatic N) is 3. The second-order valence-corrected chi connectivity index (χ2v) is 9.59. The first kappa shape index (κ1) is 19.8. The minimum atomic E-state index is -3.54. The van der Waals surface area contributed by atoms with Gasteiger partial charge in [-0.3, -0.25) is 9.78 Å². The second-order valence-electron chi connectivity index (χ2n) is 7.65. The molecule has 4 rings (SSSR count). The number of amides is 1. The number of sulfonamides is 1. The fourth-order valence-corrected chi connectivity index (χ4v) is 5.53.